The molecule has 2 N–H and O–H groups in total. The molecule has 0 saturated heterocycles. The molecule has 0 bridgehead atoms. The van der Waals surface area contributed by atoms with Crippen molar-refractivity contribution in [3.63, 3.8) is 0 Å². The van der Waals surface area contributed by atoms with Crippen molar-refractivity contribution in [2.75, 3.05) is 7.11 Å². The molecule has 0 aliphatic heterocycles. The number of ether oxygens (including phenoxy) is 1. The van der Waals surface area contributed by atoms with E-state index in [9.17, 15) is 0 Å². The van der Waals surface area contributed by atoms with Gasteiger partial charge in [-0.2, -0.15) is 5.26 Å². The van der Waals surface area contributed by atoms with E-state index in [1.165, 1.54) is 0 Å². The van der Waals surface area contributed by atoms with Crippen LogP contribution >= 0.6 is 11.6 Å². The highest BCUT2D eigenvalue weighted by Crippen LogP contribution is 2.28. The van der Waals surface area contributed by atoms with E-state index < -0.39 is 0 Å². The molecule has 0 saturated carbocycles. The van der Waals surface area contributed by atoms with Crippen LogP contribution in [0.25, 0.3) is 0 Å². The second-order valence-electron chi connectivity index (χ2n) is 2.86. The number of rotatable bonds is 3. The van der Waals surface area contributed by atoms with E-state index in [4.69, 9.17) is 27.3 Å². The molecule has 14 heavy (non-hydrogen) atoms. The number of nitriles is 1. The zero-order valence-corrected chi connectivity index (χ0v) is 8.58. The lowest BCUT2D eigenvalue weighted by Crippen LogP contribution is -2.10. The summed E-state index contributed by atoms with van der Waals surface area (Å²) in [6.07, 6.45) is 0.247. The first-order chi connectivity index (χ1) is 6.69. The lowest BCUT2D eigenvalue weighted by molar-refractivity contribution is 0.406. The normalized spacial score (nSPS) is 11.9. The van der Waals surface area contributed by atoms with Crippen LogP contribution in [0.4, 0.5) is 0 Å². The number of hydrogen-bond acceptors (Lipinski definition) is 3. The van der Waals surface area contributed by atoms with Crippen LogP contribution in [0.15, 0.2) is 18.2 Å². The maximum absolute atomic E-state index is 8.53. The van der Waals surface area contributed by atoms with Crippen LogP contribution in [0.5, 0.6) is 5.75 Å². The van der Waals surface area contributed by atoms with Crippen LogP contribution in [-0.4, -0.2) is 7.11 Å². The molecular weight excluding hydrogens is 200 g/mol. The molecule has 1 rings (SSSR count). The van der Waals surface area contributed by atoms with Crippen molar-refractivity contribution < 1.29 is 4.74 Å². The van der Waals surface area contributed by atoms with E-state index in [1.807, 2.05) is 6.07 Å². The van der Waals surface area contributed by atoms with E-state index in [-0.39, 0.29) is 12.5 Å². The van der Waals surface area contributed by atoms with E-state index in [2.05, 4.69) is 0 Å². The van der Waals surface area contributed by atoms with Gasteiger partial charge in [0.2, 0.25) is 0 Å². The molecule has 4 heteroatoms. The maximum Gasteiger partial charge on any atom is 0.123 e. The van der Waals surface area contributed by atoms with Crippen molar-refractivity contribution in [2.45, 2.75) is 12.5 Å². The molecule has 0 radical (unpaired) electrons. The largest absolute Gasteiger partial charge is 0.496 e. The summed E-state index contributed by atoms with van der Waals surface area (Å²) in [6, 6.07) is 6.85. The predicted molar refractivity (Wildman–Crippen MR) is 55.2 cm³/mol. The number of hydrogen-bond donors (Lipinski definition) is 1. The molecular formula is C10H11ClN2O. The van der Waals surface area contributed by atoms with Gasteiger partial charge in [0.15, 0.2) is 0 Å². The highest BCUT2D eigenvalue weighted by molar-refractivity contribution is 6.30. The average molecular weight is 211 g/mol. The van der Waals surface area contributed by atoms with Gasteiger partial charge in [0, 0.05) is 16.6 Å². The molecule has 74 valence electrons. The fourth-order valence-corrected chi connectivity index (χ4v) is 1.38. The lowest BCUT2D eigenvalue weighted by atomic mass is 10.0. The maximum atomic E-state index is 8.53. The Labute approximate surface area is 88.0 Å². The third-order valence-corrected chi connectivity index (χ3v) is 2.14. The summed E-state index contributed by atoms with van der Waals surface area (Å²) in [5.74, 6) is 0.664. The van der Waals surface area contributed by atoms with Gasteiger partial charge in [-0.1, -0.05) is 11.6 Å². The van der Waals surface area contributed by atoms with Crippen molar-refractivity contribution in [1.29, 1.82) is 5.26 Å². The first-order valence-electron chi connectivity index (χ1n) is 4.15. The summed E-state index contributed by atoms with van der Waals surface area (Å²) in [7, 11) is 1.56. The van der Waals surface area contributed by atoms with Crippen molar-refractivity contribution in [3.8, 4) is 11.8 Å². The minimum Gasteiger partial charge on any atom is -0.496 e. The molecule has 3 nitrogen and oxygen atoms in total. The topological polar surface area (TPSA) is 59.0 Å². The number of nitrogens with zero attached hydrogens (tertiary/aromatic N) is 1. The van der Waals surface area contributed by atoms with Crippen LogP contribution < -0.4 is 10.5 Å². The molecule has 0 aliphatic rings. The van der Waals surface area contributed by atoms with Gasteiger partial charge in [0.05, 0.1) is 19.6 Å². The number of methoxy groups -OCH3 is 1. The van der Waals surface area contributed by atoms with Gasteiger partial charge in [-0.25, -0.2) is 0 Å². The Bertz CT molecular complexity index is 360. The van der Waals surface area contributed by atoms with Gasteiger partial charge in [-0.05, 0) is 18.2 Å². The molecule has 0 fully saturated rings. The van der Waals surface area contributed by atoms with E-state index in [0.29, 0.717) is 10.8 Å². The third kappa shape index (κ3) is 2.38. The monoisotopic (exact) mass is 210 g/mol. The summed E-state index contributed by atoms with van der Waals surface area (Å²) in [5, 5.41) is 9.12. The molecule has 0 aliphatic carbocycles. The second kappa shape index (κ2) is 4.85. The Morgan fingerprint density at radius 1 is 1.64 bits per heavy atom. The highest BCUT2D eigenvalue weighted by Gasteiger charge is 2.11. The van der Waals surface area contributed by atoms with E-state index in [0.717, 1.165) is 5.56 Å². The lowest BCUT2D eigenvalue weighted by Gasteiger charge is -2.13. The zero-order chi connectivity index (χ0) is 10.6. The minimum atomic E-state index is -0.353. The number of benzene rings is 1. The Morgan fingerprint density at radius 2 is 2.36 bits per heavy atom. The fraction of sp³-hybridized carbons (Fsp3) is 0.300. The van der Waals surface area contributed by atoms with Crippen molar-refractivity contribution >= 4 is 11.6 Å². The smallest absolute Gasteiger partial charge is 0.123 e. The van der Waals surface area contributed by atoms with Gasteiger partial charge in [0.25, 0.3) is 0 Å². The van der Waals surface area contributed by atoms with Gasteiger partial charge < -0.3 is 10.5 Å². The molecule has 0 heterocycles. The molecule has 0 aromatic heterocycles. The standard InChI is InChI=1S/C10H11ClN2O/c1-14-10-3-2-7(11)6-8(10)9(13)4-5-12/h2-3,6,9H,4,13H2,1H3. The first-order valence-corrected chi connectivity index (χ1v) is 4.52. The quantitative estimate of drug-likeness (QED) is 0.833. The molecule has 1 aromatic carbocycles. The second-order valence-corrected chi connectivity index (χ2v) is 3.29. The van der Waals surface area contributed by atoms with Crippen molar-refractivity contribution in [2.24, 2.45) is 5.73 Å². The SMILES string of the molecule is COc1ccc(Cl)cc1C(N)CC#N. The van der Waals surface area contributed by atoms with Crippen LogP contribution in [0.1, 0.15) is 18.0 Å². The summed E-state index contributed by atoms with van der Waals surface area (Å²) in [4.78, 5) is 0. The average Bonchev–Trinajstić information content (AvgIpc) is 2.18. The molecule has 1 unspecified atom stereocenters. The van der Waals surface area contributed by atoms with E-state index in [1.54, 1.807) is 25.3 Å². The Balaban J connectivity index is 3.04. The van der Waals surface area contributed by atoms with Gasteiger partial charge in [0.1, 0.15) is 5.75 Å². The van der Waals surface area contributed by atoms with Crippen molar-refractivity contribution in [3.05, 3.63) is 28.8 Å². The highest BCUT2D eigenvalue weighted by atomic mass is 35.5. The predicted octanol–water partition coefficient (Wildman–Crippen LogP) is 2.26. The van der Waals surface area contributed by atoms with Crippen LogP contribution in [0, 0.1) is 11.3 Å². The Morgan fingerprint density at radius 3 is 2.93 bits per heavy atom. The molecule has 1 aromatic rings. The summed E-state index contributed by atoms with van der Waals surface area (Å²) < 4.78 is 5.12. The van der Waals surface area contributed by atoms with Gasteiger partial charge >= 0.3 is 0 Å². The molecule has 0 spiro atoms. The fourth-order valence-electron chi connectivity index (χ4n) is 1.20. The molecule has 1 atom stereocenters. The Kier molecular flexibility index (Phi) is 3.75. The van der Waals surface area contributed by atoms with Crippen LogP contribution in [0.3, 0.4) is 0 Å². The summed E-state index contributed by atoms with van der Waals surface area (Å²) in [5.41, 5.74) is 6.55. The minimum absolute atomic E-state index is 0.247. The molecule has 0 amide bonds. The van der Waals surface area contributed by atoms with Crippen LogP contribution in [-0.2, 0) is 0 Å². The number of halogens is 1. The van der Waals surface area contributed by atoms with Crippen LogP contribution in [0.2, 0.25) is 5.02 Å². The first kappa shape index (κ1) is 10.8. The summed E-state index contributed by atoms with van der Waals surface area (Å²) in [6.45, 7) is 0. The third-order valence-electron chi connectivity index (χ3n) is 1.90. The van der Waals surface area contributed by atoms with E-state index >= 15 is 0 Å². The van der Waals surface area contributed by atoms with Gasteiger partial charge in [-0.3, -0.25) is 0 Å². The zero-order valence-electron chi connectivity index (χ0n) is 7.83. The Hall–Kier alpha value is -1.24. The number of nitrogens with two attached hydrogens (primary N) is 1. The van der Waals surface area contributed by atoms with Crippen molar-refractivity contribution in [1.82, 2.24) is 0 Å². The summed E-state index contributed by atoms with van der Waals surface area (Å²) >= 11 is 5.82. The van der Waals surface area contributed by atoms with Gasteiger partial charge in [-0.15, -0.1) is 0 Å².